The van der Waals surface area contributed by atoms with Crippen molar-refractivity contribution >= 4 is 5.96 Å². The van der Waals surface area contributed by atoms with Gasteiger partial charge in [0.1, 0.15) is 12.2 Å². The molecule has 0 aromatic carbocycles. The highest BCUT2D eigenvalue weighted by Gasteiger charge is 2.26. The number of likely N-dealkylation sites (tertiary alicyclic amines) is 1. The SMILES string of the molecule is CCNC(=NCCn1cnnc1CC)NC1CCN(C2CCCCC2)CC1. The minimum Gasteiger partial charge on any atom is -0.357 e. The van der Waals surface area contributed by atoms with Gasteiger partial charge in [-0.3, -0.25) is 4.99 Å². The van der Waals surface area contributed by atoms with E-state index in [0.29, 0.717) is 6.04 Å². The molecule has 3 rings (SSSR count). The molecule has 2 heterocycles. The molecule has 0 bridgehead atoms. The molecule has 0 amide bonds. The maximum absolute atomic E-state index is 4.77. The van der Waals surface area contributed by atoms with Crippen molar-refractivity contribution in [3.05, 3.63) is 12.2 Å². The predicted molar refractivity (Wildman–Crippen MR) is 110 cm³/mol. The summed E-state index contributed by atoms with van der Waals surface area (Å²) in [6, 6.07) is 1.38. The Kier molecular flexibility index (Phi) is 7.93. The number of guanidine groups is 1. The van der Waals surface area contributed by atoms with E-state index < -0.39 is 0 Å². The van der Waals surface area contributed by atoms with Crippen molar-refractivity contribution in [3.63, 3.8) is 0 Å². The molecule has 1 saturated carbocycles. The second kappa shape index (κ2) is 10.6. The van der Waals surface area contributed by atoms with Crippen LogP contribution in [-0.2, 0) is 13.0 Å². The summed E-state index contributed by atoms with van der Waals surface area (Å²) in [5, 5.41) is 15.2. The van der Waals surface area contributed by atoms with Crippen LogP contribution in [0, 0.1) is 0 Å². The maximum atomic E-state index is 4.77. The van der Waals surface area contributed by atoms with Crippen LogP contribution in [-0.4, -0.2) is 63.9 Å². The summed E-state index contributed by atoms with van der Waals surface area (Å²) in [4.78, 5) is 7.51. The fourth-order valence-electron chi connectivity index (χ4n) is 4.38. The Balaban J connectivity index is 1.45. The average Bonchev–Trinajstić information content (AvgIpc) is 3.17. The van der Waals surface area contributed by atoms with Gasteiger partial charge in [-0.25, -0.2) is 0 Å². The van der Waals surface area contributed by atoms with Crippen LogP contribution in [0.1, 0.15) is 64.6 Å². The van der Waals surface area contributed by atoms with Crippen molar-refractivity contribution in [2.24, 2.45) is 4.99 Å². The summed E-state index contributed by atoms with van der Waals surface area (Å²) in [5.41, 5.74) is 0. The molecule has 0 radical (unpaired) electrons. The molecule has 27 heavy (non-hydrogen) atoms. The third-order valence-electron chi connectivity index (χ3n) is 5.93. The van der Waals surface area contributed by atoms with Gasteiger partial charge in [0.2, 0.25) is 0 Å². The standard InChI is InChI=1S/C20H37N7/c1-3-19-25-23-16-27(19)15-12-22-20(21-4-2)24-17-10-13-26(14-11-17)18-8-6-5-7-9-18/h16-18H,3-15H2,1-2H3,(H2,21,22,24). The van der Waals surface area contributed by atoms with Gasteiger partial charge in [0, 0.05) is 44.7 Å². The van der Waals surface area contributed by atoms with Gasteiger partial charge >= 0.3 is 0 Å². The molecular formula is C20H37N7. The van der Waals surface area contributed by atoms with Crippen LogP contribution < -0.4 is 10.6 Å². The first-order valence-electron chi connectivity index (χ1n) is 11.0. The molecule has 1 aliphatic carbocycles. The lowest BCUT2D eigenvalue weighted by atomic mass is 9.92. The maximum Gasteiger partial charge on any atom is 0.191 e. The van der Waals surface area contributed by atoms with Crippen LogP contribution >= 0.6 is 0 Å². The van der Waals surface area contributed by atoms with Gasteiger partial charge in [0.25, 0.3) is 0 Å². The fraction of sp³-hybridized carbons (Fsp3) is 0.850. The quantitative estimate of drug-likeness (QED) is 0.565. The Labute approximate surface area is 164 Å². The first kappa shape index (κ1) is 20.1. The molecule has 152 valence electrons. The van der Waals surface area contributed by atoms with E-state index in [2.05, 4.69) is 44.1 Å². The molecule has 2 fully saturated rings. The average molecular weight is 376 g/mol. The molecule has 1 aromatic heterocycles. The van der Waals surface area contributed by atoms with Crippen LogP contribution in [0.2, 0.25) is 0 Å². The first-order valence-corrected chi connectivity index (χ1v) is 11.0. The Bertz CT molecular complexity index is 569. The van der Waals surface area contributed by atoms with E-state index in [1.54, 1.807) is 6.33 Å². The molecule has 0 spiro atoms. The normalized spacial score (nSPS) is 20.7. The lowest BCUT2D eigenvalue weighted by Crippen LogP contribution is -2.51. The minimum absolute atomic E-state index is 0.531. The Hall–Kier alpha value is -1.63. The summed E-state index contributed by atoms with van der Waals surface area (Å²) in [5.74, 6) is 1.97. The van der Waals surface area contributed by atoms with Crippen molar-refractivity contribution in [3.8, 4) is 0 Å². The molecule has 2 N–H and O–H groups in total. The van der Waals surface area contributed by atoms with E-state index in [-0.39, 0.29) is 0 Å². The smallest absolute Gasteiger partial charge is 0.191 e. The topological polar surface area (TPSA) is 70.4 Å². The van der Waals surface area contributed by atoms with Crippen LogP contribution in [0.5, 0.6) is 0 Å². The van der Waals surface area contributed by atoms with Gasteiger partial charge in [-0.05, 0) is 32.6 Å². The van der Waals surface area contributed by atoms with Crippen LogP contribution in [0.15, 0.2) is 11.3 Å². The number of rotatable bonds is 7. The first-order chi connectivity index (χ1) is 13.3. The predicted octanol–water partition coefficient (Wildman–Crippen LogP) is 2.19. The van der Waals surface area contributed by atoms with E-state index in [9.17, 15) is 0 Å². The number of aryl methyl sites for hydroxylation is 1. The highest BCUT2D eigenvalue weighted by molar-refractivity contribution is 5.80. The third-order valence-corrected chi connectivity index (χ3v) is 5.93. The highest BCUT2D eigenvalue weighted by atomic mass is 15.3. The van der Waals surface area contributed by atoms with E-state index in [4.69, 9.17) is 4.99 Å². The lowest BCUT2D eigenvalue weighted by Gasteiger charge is -2.39. The molecule has 1 aromatic rings. The minimum atomic E-state index is 0.531. The van der Waals surface area contributed by atoms with Crippen molar-refractivity contribution < 1.29 is 0 Å². The Morgan fingerprint density at radius 3 is 2.63 bits per heavy atom. The lowest BCUT2D eigenvalue weighted by molar-refractivity contribution is 0.119. The molecule has 0 atom stereocenters. The van der Waals surface area contributed by atoms with Gasteiger partial charge in [0.15, 0.2) is 5.96 Å². The Morgan fingerprint density at radius 2 is 1.93 bits per heavy atom. The van der Waals surface area contributed by atoms with Crippen LogP contribution in [0.4, 0.5) is 0 Å². The summed E-state index contributed by atoms with van der Waals surface area (Å²) >= 11 is 0. The van der Waals surface area contributed by atoms with E-state index in [0.717, 1.165) is 43.9 Å². The zero-order chi connectivity index (χ0) is 18.9. The van der Waals surface area contributed by atoms with Gasteiger partial charge in [0.05, 0.1) is 6.54 Å². The molecule has 1 saturated heterocycles. The van der Waals surface area contributed by atoms with Gasteiger partial charge in [-0.2, -0.15) is 0 Å². The van der Waals surface area contributed by atoms with Crippen molar-refractivity contribution in [1.29, 1.82) is 0 Å². The molecular weight excluding hydrogens is 338 g/mol. The number of aromatic nitrogens is 3. The van der Waals surface area contributed by atoms with Crippen molar-refractivity contribution in [2.75, 3.05) is 26.2 Å². The van der Waals surface area contributed by atoms with Crippen molar-refractivity contribution in [1.82, 2.24) is 30.3 Å². The fourth-order valence-corrected chi connectivity index (χ4v) is 4.38. The zero-order valence-corrected chi connectivity index (χ0v) is 17.2. The summed E-state index contributed by atoms with van der Waals surface area (Å²) in [7, 11) is 0. The van der Waals surface area contributed by atoms with Gasteiger partial charge in [-0.15, -0.1) is 10.2 Å². The van der Waals surface area contributed by atoms with Gasteiger partial charge < -0.3 is 20.1 Å². The number of hydrogen-bond acceptors (Lipinski definition) is 4. The number of piperidine rings is 1. The summed E-state index contributed by atoms with van der Waals surface area (Å²) < 4.78 is 2.09. The zero-order valence-electron chi connectivity index (χ0n) is 17.2. The van der Waals surface area contributed by atoms with Crippen molar-refractivity contribution in [2.45, 2.75) is 83.8 Å². The second-order valence-corrected chi connectivity index (χ2v) is 7.80. The summed E-state index contributed by atoms with van der Waals surface area (Å²) in [6.07, 6.45) is 12.2. The summed E-state index contributed by atoms with van der Waals surface area (Å²) in [6.45, 7) is 9.13. The third kappa shape index (κ3) is 5.92. The van der Waals surface area contributed by atoms with Crippen LogP contribution in [0.25, 0.3) is 0 Å². The number of aliphatic imine (C=N–C) groups is 1. The van der Waals surface area contributed by atoms with Gasteiger partial charge in [-0.1, -0.05) is 26.2 Å². The molecule has 0 unspecified atom stereocenters. The molecule has 1 aliphatic heterocycles. The second-order valence-electron chi connectivity index (χ2n) is 7.80. The molecule has 7 heteroatoms. The Morgan fingerprint density at radius 1 is 1.15 bits per heavy atom. The highest BCUT2D eigenvalue weighted by Crippen LogP contribution is 2.25. The monoisotopic (exact) mass is 375 g/mol. The van der Waals surface area contributed by atoms with Crippen LogP contribution in [0.3, 0.4) is 0 Å². The number of hydrogen-bond donors (Lipinski definition) is 2. The van der Waals surface area contributed by atoms with E-state index >= 15 is 0 Å². The van der Waals surface area contributed by atoms with E-state index in [1.165, 1.54) is 58.0 Å². The van der Waals surface area contributed by atoms with E-state index in [1.807, 2.05) is 0 Å². The molecule has 7 nitrogen and oxygen atoms in total. The number of nitrogens with one attached hydrogen (secondary N) is 2. The number of nitrogens with zero attached hydrogens (tertiary/aromatic N) is 5. The molecule has 2 aliphatic rings. The largest absolute Gasteiger partial charge is 0.357 e.